The van der Waals surface area contributed by atoms with Crippen LogP contribution in [0.25, 0.3) is 75.2 Å². The first-order valence-electron chi connectivity index (χ1n) is 17.7. The van der Waals surface area contributed by atoms with Crippen molar-refractivity contribution >= 4 is 92.2 Å². The first-order valence-corrected chi connectivity index (χ1v) is 18.5. The standard InChI is InChI=1S/C48H31N3S/c1-2-12-32(13-3-1)50-45-20-10-6-16-39(45)42-30-35(27-29-46(42)50)49(36-26-28-41-40-17-7-11-21-47(40)52-48(41)31-36)33-22-24-34(25-23-33)51-43-18-8-4-14-37(43)38-15-5-9-19-44(38)51/h1-31H. The highest BCUT2D eigenvalue weighted by molar-refractivity contribution is 7.25. The molecule has 0 amide bonds. The maximum atomic E-state index is 2.41. The average molecular weight is 682 g/mol. The van der Waals surface area contributed by atoms with E-state index in [9.17, 15) is 0 Å². The third-order valence-corrected chi connectivity index (χ3v) is 11.6. The molecule has 11 rings (SSSR count). The SMILES string of the molecule is c1ccc(-n2c3ccccc3c3cc(N(c4ccc(-n5c6ccccc6c6ccccc65)cc4)c4ccc5c(c4)sc4ccccc45)ccc32)cc1. The fourth-order valence-corrected chi connectivity index (χ4v) is 9.35. The fraction of sp³-hybridized carbons (Fsp3) is 0. The molecular weight excluding hydrogens is 651 g/mol. The van der Waals surface area contributed by atoms with Gasteiger partial charge in [0.15, 0.2) is 0 Å². The van der Waals surface area contributed by atoms with Crippen molar-refractivity contribution in [3.63, 3.8) is 0 Å². The summed E-state index contributed by atoms with van der Waals surface area (Å²) >= 11 is 1.86. The highest BCUT2D eigenvalue weighted by atomic mass is 32.1. The first kappa shape index (κ1) is 29.1. The number of fused-ring (bicyclic) bond motifs is 9. The summed E-state index contributed by atoms with van der Waals surface area (Å²) in [5, 5.41) is 7.61. The number of nitrogens with zero attached hydrogens (tertiary/aromatic N) is 3. The lowest BCUT2D eigenvalue weighted by Gasteiger charge is -2.26. The van der Waals surface area contributed by atoms with Gasteiger partial charge in [-0.05, 0) is 91.0 Å². The molecule has 3 heterocycles. The smallest absolute Gasteiger partial charge is 0.0542 e. The van der Waals surface area contributed by atoms with E-state index < -0.39 is 0 Å². The zero-order chi connectivity index (χ0) is 34.2. The largest absolute Gasteiger partial charge is 0.310 e. The van der Waals surface area contributed by atoms with Crippen LogP contribution in [0.1, 0.15) is 0 Å². The van der Waals surface area contributed by atoms with Crippen molar-refractivity contribution in [3.8, 4) is 11.4 Å². The molecule has 11 aromatic rings. The van der Waals surface area contributed by atoms with Crippen LogP contribution in [0.2, 0.25) is 0 Å². The molecule has 0 aliphatic rings. The summed E-state index contributed by atoms with van der Waals surface area (Å²) in [5.41, 5.74) is 10.5. The molecule has 0 N–H and O–H groups in total. The van der Waals surface area contributed by atoms with Crippen LogP contribution in [-0.2, 0) is 0 Å². The lowest BCUT2D eigenvalue weighted by molar-refractivity contribution is 1.17. The molecular formula is C48H31N3S. The molecule has 0 saturated heterocycles. The molecule has 0 bridgehead atoms. The van der Waals surface area contributed by atoms with E-state index in [1.807, 2.05) is 11.3 Å². The quantitative estimate of drug-likeness (QED) is 0.176. The number of aromatic nitrogens is 2. The minimum Gasteiger partial charge on any atom is -0.310 e. The molecule has 0 fully saturated rings. The van der Waals surface area contributed by atoms with Gasteiger partial charge in [0.1, 0.15) is 0 Å². The molecule has 4 heteroatoms. The molecule has 0 aliphatic heterocycles. The monoisotopic (exact) mass is 681 g/mol. The lowest BCUT2D eigenvalue weighted by atomic mass is 10.1. The predicted molar refractivity (Wildman–Crippen MR) is 223 cm³/mol. The zero-order valence-corrected chi connectivity index (χ0v) is 29.0. The van der Waals surface area contributed by atoms with Gasteiger partial charge in [-0.3, -0.25) is 0 Å². The molecule has 3 nitrogen and oxygen atoms in total. The topological polar surface area (TPSA) is 13.1 Å². The lowest BCUT2D eigenvalue weighted by Crippen LogP contribution is -2.10. The number of thiophene rings is 1. The molecule has 0 aliphatic carbocycles. The van der Waals surface area contributed by atoms with Crippen LogP contribution in [-0.4, -0.2) is 9.13 Å². The number of hydrogen-bond donors (Lipinski definition) is 0. The first-order chi connectivity index (χ1) is 25.8. The van der Waals surface area contributed by atoms with Gasteiger partial charge in [-0.1, -0.05) is 97.1 Å². The molecule has 0 unspecified atom stereocenters. The summed E-state index contributed by atoms with van der Waals surface area (Å²) in [5.74, 6) is 0. The molecule has 52 heavy (non-hydrogen) atoms. The van der Waals surface area contributed by atoms with Crippen LogP contribution >= 0.6 is 11.3 Å². The van der Waals surface area contributed by atoms with Gasteiger partial charge < -0.3 is 14.0 Å². The van der Waals surface area contributed by atoms with E-state index in [1.54, 1.807) is 0 Å². The van der Waals surface area contributed by atoms with E-state index in [-0.39, 0.29) is 0 Å². The Bertz CT molecular complexity index is 3080. The summed E-state index contributed by atoms with van der Waals surface area (Å²) in [6.07, 6.45) is 0. The summed E-state index contributed by atoms with van der Waals surface area (Å²) in [6.45, 7) is 0. The summed E-state index contributed by atoms with van der Waals surface area (Å²) in [6, 6.07) is 68.4. The van der Waals surface area contributed by atoms with E-state index in [4.69, 9.17) is 0 Å². The van der Waals surface area contributed by atoms with Crippen LogP contribution in [0.3, 0.4) is 0 Å². The normalized spacial score (nSPS) is 11.8. The average Bonchev–Trinajstić information content (AvgIpc) is 3.86. The van der Waals surface area contributed by atoms with Gasteiger partial charge in [-0.2, -0.15) is 0 Å². The van der Waals surface area contributed by atoms with E-state index in [1.165, 1.54) is 63.8 Å². The van der Waals surface area contributed by atoms with E-state index in [0.29, 0.717) is 0 Å². The van der Waals surface area contributed by atoms with Gasteiger partial charge >= 0.3 is 0 Å². The van der Waals surface area contributed by atoms with Crippen LogP contribution < -0.4 is 4.90 Å². The number of anilines is 3. The van der Waals surface area contributed by atoms with Crippen LogP contribution in [0.4, 0.5) is 17.1 Å². The minimum atomic E-state index is 1.11. The number of hydrogen-bond acceptors (Lipinski definition) is 2. The minimum absolute atomic E-state index is 1.11. The van der Waals surface area contributed by atoms with Crippen molar-refractivity contribution < 1.29 is 0 Å². The van der Waals surface area contributed by atoms with Crippen molar-refractivity contribution in [2.75, 3.05) is 4.90 Å². The maximum Gasteiger partial charge on any atom is 0.0542 e. The van der Waals surface area contributed by atoms with Crippen molar-refractivity contribution in [1.29, 1.82) is 0 Å². The molecule has 0 atom stereocenters. The van der Waals surface area contributed by atoms with E-state index in [2.05, 4.69) is 202 Å². The second kappa shape index (κ2) is 11.5. The summed E-state index contributed by atoms with van der Waals surface area (Å²) < 4.78 is 7.36. The fourth-order valence-electron chi connectivity index (χ4n) is 8.21. The Morgan fingerprint density at radius 2 is 0.769 bits per heavy atom. The molecule has 0 spiro atoms. The molecule has 8 aromatic carbocycles. The van der Waals surface area contributed by atoms with Crippen LogP contribution in [0, 0.1) is 0 Å². The van der Waals surface area contributed by atoms with Crippen molar-refractivity contribution in [2.24, 2.45) is 0 Å². The number of benzene rings is 8. The van der Waals surface area contributed by atoms with Crippen LogP contribution in [0.5, 0.6) is 0 Å². The Morgan fingerprint density at radius 1 is 0.308 bits per heavy atom. The summed E-state index contributed by atoms with van der Waals surface area (Å²) in [4.78, 5) is 2.41. The van der Waals surface area contributed by atoms with Gasteiger partial charge in [0, 0.05) is 70.2 Å². The maximum absolute atomic E-state index is 2.41. The van der Waals surface area contributed by atoms with Crippen molar-refractivity contribution in [2.45, 2.75) is 0 Å². The number of para-hydroxylation sites is 4. The summed E-state index contributed by atoms with van der Waals surface area (Å²) in [7, 11) is 0. The Morgan fingerprint density at radius 3 is 1.44 bits per heavy atom. The zero-order valence-electron chi connectivity index (χ0n) is 28.1. The van der Waals surface area contributed by atoms with Crippen molar-refractivity contribution in [1.82, 2.24) is 9.13 Å². The van der Waals surface area contributed by atoms with Gasteiger partial charge in [0.05, 0.1) is 22.1 Å². The number of rotatable bonds is 5. The van der Waals surface area contributed by atoms with E-state index >= 15 is 0 Å². The Labute approximate surface area is 304 Å². The Kier molecular flexibility index (Phi) is 6.42. The third kappa shape index (κ3) is 4.38. The van der Waals surface area contributed by atoms with Gasteiger partial charge in [0.25, 0.3) is 0 Å². The van der Waals surface area contributed by atoms with Gasteiger partial charge in [0.2, 0.25) is 0 Å². The van der Waals surface area contributed by atoms with E-state index in [0.717, 1.165) is 28.4 Å². The highest BCUT2D eigenvalue weighted by Gasteiger charge is 2.19. The molecule has 3 aromatic heterocycles. The Hall–Kier alpha value is -6.62. The highest BCUT2D eigenvalue weighted by Crippen LogP contribution is 2.43. The second-order valence-electron chi connectivity index (χ2n) is 13.4. The van der Waals surface area contributed by atoms with Crippen molar-refractivity contribution in [3.05, 3.63) is 188 Å². The molecule has 0 radical (unpaired) electrons. The Balaban J connectivity index is 1.12. The third-order valence-electron chi connectivity index (χ3n) is 10.5. The van der Waals surface area contributed by atoms with Gasteiger partial charge in [-0.25, -0.2) is 0 Å². The molecule has 244 valence electrons. The van der Waals surface area contributed by atoms with Crippen LogP contribution in [0.15, 0.2) is 188 Å². The molecule has 0 saturated carbocycles. The second-order valence-corrected chi connectivity index (χ2v) is 14.5. The predicted octanol–water partition coefficient (Wildman–Crippen LogP) is 13.7. The van der Waals surface area contributed by atoms with Gasteiger partial charge in [-0.15, -0.1) is 11.3 Å².